The van der Waals surface area contributed by atoms with Crippen LogP contribution in [-0.2, 0) is 7.05 Å². The number of aryl methyl sites for hydroxylation is 1. The van der Waals surface area contributed by atoms with Crippen molar-refractivity contribution >= 4 is 17.0 Å². The van der Waals surface area contributed by atoms with Gasteiger partial charge in [-0.15, -0.1) is 0 Å². The number of carbonyl (C=O) groups is 1. The minimum atomic E-state index is -0.918. The summed E-state index contributed by atoms with van der Waals surface area (Å²) in [4.78, 5) is 14.9. The number of hydrogen-bond donors (Lipinski definition) is 1. The predicted octanol–water partition coefficient (Wildman–Crippen LogP) is 1.27. The Morgan fingerprint density at radius 2 is 2.38 bits per heavy atom. The van der Waals surface area contributed by atoms with Crippen molar-refractivity contribution in [2.24, 2.45) is 7.05 Å². The fraction of sp³-hybridized carbons (Fsp3) is 0.111. The van der Waals surface area contributed by atoms with Crippen molar-refractivity contribution in [3.63, 3.8) is 0 Å². The molecule has 0 radical (unpaired) electrons. The van der Waals surface area contributed by atoms with Crippen LogP contribution < -0.4 is 0 Å². The van der Waals surface area contributed by atoms with Crippen molar-refractivity contribution in [2.75, 3.05) is 0 Å². The Kier molecular flexibility index (Phi) is 1.55. The summed E-state index contributed by atoms with van der Waals surface area (Å²) in [5.74, 6) is -0.918. The minimum absolute atomic E-state index is 0.297. The number of aromatic nitrogens is 2. The first-order valence-electron chi connectivity index (χ1n) is 3.83. The molecule has 0 aliphatic heterocycles. The van der Waals surface area contributed by atoms with Gasteiger partial charge in [0.05, 0.1) is 5.56 Å². The van der Waals surface area contributed by atoms with E-state index in [1.54, 1.807) is 36.1 Å². The lowest BCUT2D eigenvalue weighted by Gasteiger charge is -1.91. The van der Waals surface area contributed by atoms with Crippen molar-refractivity contribution in [3.05, 3.63) is 30.1 Å². The van der Waals surface area contributed by atoms with Crippen molar-refractivity contribution < 1.29 is 9.90 Å². The van der Waals surface area contributed by atoms with Gasteiger partial charge in [0.25, 0.3) is 0 Å². The van der Waals surface area contributed by atoms with Gasteiger partial charge in [0.1, 0.15) is 5.65 Å². The quantitative estimate of drug-likeness (QED) is 0.711. The third kappa shape index (κ3) is 1.07. The largest absolute Gasteiger partial charge is 0.478 e. The van der Waals surface area contributed by atoms with E-state index < -0.39 is 5.97 Å². The van der Waals surface area contributed by atoms with Crippen LogP contribution in [0.3, 0.4) is 0 Å². The zero-order valence-electron chi connectivity index (χ0n) is 7.06. The molecule has 0 fully saturated rings. The van der Waals surface area contributed by atoms with Crippen LogP contribution in [0.15, 0.2) is 24.5 Å². The molecule has 0 atom stereocenters. The summed E-state index contributed by atoms with van der Waals surface area (Å²) in [6.07, 6.45) is 3.22. The molecule has 4 heteroatoms. The number of fused-ring (bicyclic) bond motifs is 1. The first-order chi connectivity index (χ1) is 6.20. The standard InChI is InChI=1S/C9H8N2O2/c1-11-5-7(9(12)13)6-3-2-4-10-8(6)11/h2-5H,1H3,(H,12,13). The van der Waals surface area contributed by atoms with Gasteiger partial charge in [0.15, 0.2) is 0 Å². The van der Waals surface area contributed by atoms with Gasteiger partial charge in [-0.2, -0.15) is 0 Å². The Morgan fingerprint density at radius 1 is 1.62 bits per heavy atom. The second-order valence-corrected chi connectivity index (χ2v) is 2.83. The van der Waals surface area contributed by atoms with Gasteiger partial charge in [-0.05, 0) is 12.1 Å². The molecule has 0 aromatic carbocycles. The third-order valence-corrected chi connectivity index (χ3v) is 1.96. The number of rotatable bonds is 1. The lowest BCUT2D eigenvalue weighted by atomic mass is 10.2. The summed E-state index contributed by atoms with van der Waals surface area (Å²) >= 11 is 0. The summed E-state index contributed by atoms with van der Waals surface area (Å²) in [7, 11) is 1.78. The Hall–Kier alpha value is -1.84. The van der Waals surface area contributed by atoms with Gasteiger partial charge >= 0.3 is 5.97 Å². The fourth-order valence-corrected chi connectivity index (χ4v) is 1.38. The van der Waals surface area contributed by atoms with Gasteiger partial charge in [-0.25, -0.2) is 9.78 Å². The molecule has 2 heterocycles. The molecule has 1 N–H and O–H groups in total. The molecule has 0 spiro atoms. The molecular formula is C9H8N2O2. The van der Waals surface area contributed by atoms with Crippen molar-refractivity contribution in [2.45, 2.75) is 0 Å². The van der Waals surface area contributed by atoms with E-state index in [0.717, 1.165) is 0 Å². The molecule has 2 aromatic rings. The lowest BCUT2D eigenvalue weighted by molar-refractivity contribution is 0.0699. The zero-order chi connectivity index (χ0) is 9.42. The Balaban J connectivity index is 2.85. The molecule has 0 saturated carbocycles. The first-order valence-corrected chi connectivity index (χ1v) is 3.83. The van der Waals surface area contributed by atoms with Crippen molar-refractivity contribution in [1.29, 1.82) is 0 Å². The molecule has 2 rings (SSSR count). The monoisotopic (exact) mass is 176 g/mol. The molecule has 0 bridgehead atoms. The van der Waals surface area contributed by atoms with E-state index in [0.29, 0.717) is 16.6 Å². The maximum Gasteiger partial charge on any atom is 0.337 e. The van der Waals surface area contributed by atoms with Crippen LogP contribution in [0.5, 0.6) is 0 Å². The molecule has 2 aromatic heterocycles. The number of carboxylic acid groups (broad SMARTS) is 1. The molecule has 13 heavy (non-hydrogen) atoms. The highest BCUT2D eigenvalue weighted by Gasteiger charge is 2.12. The smallest absolute Gasteiger partial charge is 0.337 e. The molecule has 66 valence electrons. The Bertz CT molecular complexity index is 473. The van der Waals surface area contributed by atoms with Crippen molar-refractivity contribution in [1.82, 2.24) is 9.55 Å². The second kappa shape index (κ2) is 2.58. The fourth-order valence-electron chi connectivity index (χ4n) is 1.38. The number of carboxylic acids is 1. The predicted molar refractivity (Wildman–Crippen MR) is 47.7 cm³/mol. The Labute approximate surface area is 74.4 Å². The number of nitrogens with zero attached hydrogens (tertiary/aromatic N) is 2. The van der Waals surface area contributed by atoms with E-state index in [4.69, 9.17) is 5.11 Å². The maximum absolute atomic E-state index is 10.8. The number of pyridine rings is 1. The van der Waals surface area contributed by atoms with Gasteiger partial charge in [-0.3, -0.25) is 0 Å². The van der Waals surface area contributed by atoms with E-state index in [2.05, 4.69) is 4.98 Å². The maximum atomic E-state index is 10.8. The molecule has 0 aliphatic rings. The highest BCUT2D eigenvalue weighted by atomic mass is 16.4. The topological polar surface area (TPSA) is 55.1 Å². The molecule has 0 unspecified atom stereocenters. The molecule has 0 aliphatic carbocycles. The summed E-state index contributed by atoms with van der Waals surface area (Å²) in [5, 5.41) is 9.53. The minimum Gasteiger partial charge on any atom is -0.478 e. The van der Waals surface area contributed by atoms with Gasteiger partial charge in [-0.1, -0.05) is 0 Å². The molecular weight excluding hydrogens is 168 g/mol. The highest BCUT2D eigenvalue weighted by Crippen LogP contribution is 2.17. The third-order valence-electron chi connectivity index (χ3n) is 1.96. The SMILES string of the molecule is Cn1cc(C(=O)O)c2cccnc21. The van der Waals surface area contributed by atoms with Gasteiger partial charge in [0, 0.05) is 24.8 Å². The summed E-state index contributed by atoms with van der Waals surface area (Å²) < 4.78 is 1.71. The Morgan fingerprint density at radius 3 is 3.08 bits per heavy atom. The summed E-state index contributed by atoms with van der Waals surface area (Å²) in [6.45, 7) is 0. The van der Waals surface area contributed by atoms with E-state index in [1.165, 1.54) is 0 Å². The zero-order valence-corrected chi connectivity index (χ0v) is 7.06. The second-order valence-electron chi connectivity index (χ2n) is 2.83. The van der Waals surface area contributed by atoms with E-state index in [9.17, 15) is 4.79 Å². The van der Waals surface area contributed by atoms with Gasteiger partial charge < -0.3 is 9.67 Å². The van der Waals surface area contributed by atoms with E-state index in [1.807, 2.05) is 0 Å². The number of hydrogen-bond acceptors (Lipinski definition) is 2. The average molecular weight is 176 g/mol. The molecule has 0 amide bonds. The average Bonchev–Trinajstić information content (AvgIpc) is 2.45. The van der Waals surface area contributed by atoms with Crippen LogP contribution in [0.25, 0.3) is 11.0 Å². The normalized spacial score (nSPS) is 10.5. The van der Waals surface area contributed by atoms with Crippen LogP contribution in [0, 0.1) is 0 Å². The number of aromatic carboxylic acids is 1. The van der Waals surface area contributed by atoms with Crippen LogP contribution in [0.2, 0.25) is 0 Å². The van der Waals surface area contributed by atoms with Crippen LogP contribution in [0.4, 0.5) is 0 Å². The van der Waals surface area contributed by atoms with E-state index in [-0.39, 0.29) is 0 Å². The molecule has 0 saturated heterocycles. The van der Waals surface area contributed by atoms with E-state index >= 15 is 0 Å². The van der Waals surface area contributed by atoms with Gasteiger partial charge in [0.2, 0.25) is 0 Å². The highest BCUT2D eigenvalue weighted by molar-refractivity contribution is 6.02. The summed E-state index contributed by atoms with van der Waals surface area (Å²) in [6, 6.07) is 3.49. The van der Waals surface area contributed by atoms with Crippen molar-refractivity contribution in [3.8, 4) is 0 Å². The first kappa shape index (κ1) is 7.79. The van der Waals surface area contributed by atoms with Crippen LogP contribution in [0.1, 0.15) is 10.4 Å². The lowest BCUT2D eigenvalue weighted by Crippen LogP contribution is -1.93. The van der Waals surface area contributed by atoms with Crippen LogP contribution in [-0.4, -0.2) is 20.6 Å². The molecule has 4 nitrogen and oxygen atoms in total. The summed E-state index contributed by atoms with van der Waals surface area (Å²) in [5.41, 5.74) is 0.991. The van der Waals surface area contributed by atoms with Crippen LogP contribution >= 0.6 is 0 Å².